The number of Topliss-reactive ketones (excluding diaryl/α,β-unsaturated/α-hetero) is 1. The van der Waals surface area contributed by atoms with Crippen LogP contribution in [0.2, 0.25) is 5.02 Å². The van der Waals surface area contributed by atoms with Crippen molar-refractivity contribution in [3.8, 4) is 5.75 Å². The van der Waals surface area contributed by atoms with Crippen molar-refractivity contribution in [2.75, 3.05) is 25.0 Å². The second kappa shape index (κ2) is 12.3. The molecule has 0 bridgehead atoms. The number of aliphatic imine (C=N–C) groups is 1. The number of hydrogen-bond donors (Lipinski definition) is 5. The average molecular weight is 547 g/mol. The zero-order chi connectivity index (χ0) is 28.0. The Balaban J connectivity index is 1.67. The number of anilines is 1. The summed E-state index contributed by atoms with van der Waals surface area (Å²) in [4.78, 5) is 41.0. The zero-order valence-electron chi connectivity index (χ0n) is 21.5. The van der Waals surface area contributed by atoms with Gasteiger partial charge in [-0.25, -0.2) is 9.38 Å². The number of phenolic OH excluding ortho intramolecular Hbond substituents is 1. The second-order valence-electron chi connectivity index (χ2n) is 10.3. The van der Waals surface area contributed by atoms with Gasteiger partial charge in [0.2, 0.25) is 0 Å². The fourth-order valence-electron chi connectivity index (χ4n) is 3.98. The van der Waals surface area contributed by atoms with Crippen LogP contribution in [0.4, 0.5) is 10.1 Å². The molecule has 1 heterocycles. The number of carbonyl (C=O) groups is 3. The smallest absolute Gasteiger partial charge is 0.303 e. The summed E-state index contributed by atoms with van der Waals surface area (Å²) in [6, 6.07) is 9.42. The largest absolute Gasteiger partial charge is 0.508 e. The molecule has 0 spiro atoms. The van der Waals surface area contributed by atoms with Crippen molar-refractivity contribution in [2.45, 2.75) is 51.1 Å². The lowest BCUT2D eigenvalue weighted by Crippen LogP contribution is -2.40. The van der Waals surface area contributed by atoms with Crippen molar-refractivity contribution < 1.29 is 29.0 Å². The van der Waals surface area contributed by atoms with E-state index in [-0.39, 0.29) is 55.0 Å². The number of benzene rings is 2. The average Bonchev–Trinajstić information content (AvgIpc) is 2.82. The molecule has 204 valence electrons. The standard InChI is InChI=1S/C27H32ClFN4O5/c1-27(2,3)18-4-15(5-19(28)10-18)16(9-24(36)37)7-23(35)14-30-25(38)17-6-21(11-22(34)8-17)33-26-31-12-20(29)13-32-26/h4-6,8,10-11,16,20,34H,7,9,12-14H2,1-3H3,(H,30,38)(H,36,37)(H2,31,32,33)/t16-/m0/s1. The Bertz CT molecular complexity index is 1240. The molecular weight excluding hydrogens is 515 g/mol. The molecule has 1 aliphatic rings. The zero-order valence-corrected chi connectivity index (χ0v) is 22.2. The highest BCUT2D eigenvalue weighted by Gasteiger charge is 2.23. The Kier molecular flexibility index (Phi) is 9.32. The quantitative estimate of drug-likeness (QED) is 0.320. The van der Waals surface area contributed by atoms with Gasteiger partial charge in [0.25, 0.3) is 5.91 Å². The summed E-state index contributed by atoms with van der Waals surface area (Å²) in [5.41, 5.74) is 1.78. The molecule has 0 radical (unpaired) electrons. The molecule has 1 aliphatic heterocycles. The van der Waals surface area contributed by atoms with E-state index >= 15 is 0 Å². The van der Waals surface area contributed by atoms with Crippen LogP contribution < -0.4 is 16.0 Å². The number of aliphatic carboxylic acids is 1. The minimum absolute atomic E-state index is 0.000813. The summed E-state index contributed by atoms with van der Waals surface area (Å²) in [5.74, 6) is -2.52. The maximum Gasteiger partial charge on any atom is 0.303 e. The number of carboxylic acid groups (broad SMARTS) is 1. The summed E-state index contributed by atoms with van der Waals surface area (Å²) in [5, 5.41) is 28.1. The van der Waals surface area contributed by atoms with E-state index < -0.39 is 24.0 Å². The minimum atomic E-state index is -1.09. The molecule has 3 rings (SSSR count). The van der Waals surface area contributed by atoms with Crippen molar-refractivity contribution in [1.82, 2.24) is 10.6 Å². The number of amides is 1. The molecule has 1 amide bonds. The van der Waals surface area contributed by atoms with Crippen LogP contribution in [0.5, 0.6) is 5.75 Å². The van der Waals surface area contributed by atoms with Crippen LogP contribution in [-0.4, -0.2) is 59.6 Å². The first-order valence-corrected chi connectivity index (χ1v) is 12.5. The topological polar surface area (TPSA) is 140 Å². The van der Waals surface area contributed by atoms with Gasteiger partial charge in [-0.15, -0.1) is 0 Å². The Labute approximate surface area is 225 Å². The predicted octanol–water partition coefficient (Wildman–Crippen LogP) is 4.00. The molecule has 0 saturated heterocycles. The van der Waals surface area contributed by atoms with Crippen molar-refractivity contribution in [3.05, 3.63) is 58.1 Å². The van der Waals surface area contributed by atoms with Crippen LogP contribution in [0.15, 0.2) is 41.4 Å². The van der Waals surface area contributed by atoms with Crippen LogP contribution in [0.1, 0.15) is 61.0 Å². The Morgan fingerprint density at radius 2 is 1.89 bits per heavy atom. The lowest BCUT2D eigenvalue weighted by molar-refractivity contribution is -0.137. The fraction of sp³-hybridized carbons (Fsp3) is 0.407. The Morgan fingerprint density at radius 3 is 2.53 bits per heavy atom. The van der Waals surface area contributed by atoms with Crippen LogP contribution >= 0.6 is 11.6 Å². The maximum absolute atomic E-state index is 13.2. The van der Waals surface area contributed by atoms with Gasteiger partial charge >= 0.3 is 5.97 Å². The fourth-order valence-corrected chi connectivity index (χ4v) is 4.22. The van der Waals surface area contributed by atoms with Gasteiger partial charge in [0, 0.05) is 34.7 Å². The number of carboxylic acids is 1. The molecule has 0 saturated carbocycles. The molecule has 0 fully saturated rings. The second-order valence-corrected chi connectivity index (χ2v) is 10.7. The third kappa shape index (κ3) is 8.44. The number of carbonyl (C=O) groups excluding carboxylic acids is 2. The first kappa shape index (κ1) is 28.9. The molecule has 2 aromatic rings. The number of phenols is 1. The van der Waals surface area contributed by atoms with Crippen molar-refractivity contribution >= 4 is 40.9 Å². The summed E-state index contributed by atoms with van der Waals surface area (Å²) >= 11 is 6.29. The van der Waals surface area contributed by atoms with E-state index in [1.807, 2.05) is 32.9 Å². The lowest BCUT2D eigenvalue weighted by Gasteiger charge is -2.23. The molecule has 0 aliphatic carbocycles. The molecule has 1 unspecified atom stereocenters. The van der Waals surface area contributed by atoms with Crippen LogP contribution in [-0.2, 0) is 15.0 Å². The first-order valence-electron chi connectivity index (χ1n) is 12.2. The number of alkyl halides is 1. The highest BCUT2D eigenvalue weighted by Crippen LogP contribution is 2.32. The van der Waals surface area contributed by atoms with E-state index in [0.717, 1.165) is 5.56 Å². The summed E-state index contributed by atoms with van der Waals surface area (Å²) in [6.45, 7) is 5.80. The number of rotatable bonds is 9. The van der Waals surface area contributed by atoms with Gasteiger partial charge in [-0.3, -0.25) is 14.4 Å². The van der Waals surface area contributed by atoms with Gasteiger partial charge in [0.15, 0.2) is 11.7 Å². The highest BCUT2D eigenvalue weighted by atomic mass is 35.5. The highest BCUT2D eigenvalue weighted by molar-refractivity contribution is 6.30. The van der Waals surface area contributed by atoms with Crippen LogP contribution in [0.3, 0.4) is 0 Å². The van der Waals surface area contributed by atoms with Gasteiger partial charge in [0.1, 0.15) is 11.9 Å². The third-order valence-electron chi connectivity index (χ3n) is 5.98. The van der Waals surface area contributed by atoms with Gasteiger partial charge in [0.05, 0.1) is 26.1 Å². The Morgan fingerprint density at radius 1 is 1.16 bits per heavy atom. The van der Waals surface area contributed by atoms with Crippen molar-refractivity contribution in [3.63, 3.8) is 0 Å². The number of hydrogen-bond acceptors (Lipinski definition) is 7. The molecule has 2 atom stereocenters. The summed E-state index contributed by atoms with van der Waals surface area (Å²) < 4.78 is 13.2. The normalized spacial score (nSPS) is 16.1. The van der Waals surface area contributed by atoms with E-state index in [0.29, 0.717) is 22.2 Å². The number of nitrogens with one attached hydrogen (secondary N) is 3. The molecule has 9 nitrogen and oxygen atoms in total. The molecule has 38 heavy (non-hydrogen) atoms. The van der Waals surface area contributed by atoms with Crippen molar-refractivity contribution in [1.29, 1.82) is 0 Å². The number of nitrogens with zero attached hydrogens (tertiary/aromatic N) is 1. The lowest BCUT2D eigenvalue weighted by atomic mass is 9.83. The van der Waals surface area contributed by atoms with E-state index in [4.69, 9.17) is 11.6 Å². The Hall–Kier alpha value is -3.66. The number of aromatic hydroxyl groups is 1. The molecule has 5 N–H and O–H groups in total. The van der Waals surface area contributed by atoms with E-state index in [9.17, 15) is 29.0 Å². The van der Waals surface area contributed by atoms with Gasteiger partial charge in [-0.1, -0.05) is 38.4 Å². The molecule has 0 aromatic heterocycles. The summed E-state index contributed by atoms with van der Waals surface area (Å²) in [6.07, 6.45) is -1.46. The van der Waals surface area contributed by atoms with Gasteiger partial charge in [-0.05, 0) is 40.8 Å². The number of ketones is 1. The van der Waals surface area contributed by atoms with Crippen LogP contribution in [0, 0.1) is 0 Å². The molecule has 11 heteroatoms. The number of halogens is 2. The number of guanidine groups is 1. The predicted molar refractivity (Wildman–Crippen MR) is 144 cm³/mol. The van der Waals surface area contributed by atoms with Crippen LogP contribution in [0.25, 0.3) is 0 Å². The SMILES string of the molecule is CC(C)(C)c1cc(Cl)cc([C@H](CC(=O)O)CC(=O)CNC(=O)c2cc(O)cc(NC3=NCC(F)CN3)c2)c1. The van der Waals surface area contributed by atoms with E-state index in [1.165, 1.54) is 18.2 Å². The molecule has 2 aromatic carbocycles. The van der Waals surface area contributed by atoms with E-state index in [2.05, 4.69) is 20.9 Å². The van der Waals surface area contributed by atoms with Gasteiger partial charge in [-0.2, -0.15) is 0 Å². The van der Waals surface area contributed by atoms with E-state index in [1.54, 1.807) is 6.07 Å². The summed E-state index contributed by atoms with van der Waals surface area (Å²) in [7, 11) is 0. The van der Waals surface area contributed by atoms with Gasteiger partial charge < -0.3 is 26.2 Å². The first-order chi connectivity index (χ1) is 17.8. The monoisotopic (exact) mass is 546 g/mol. The maximum atomic E-state index is 13.2. The third-order valence-corrected chi connectivity index (χ3v) is 6.20. The minimum Gasteiger partial charge on any atom is -0.508 e. The van der Waals surface area contributed by atoms with Crippen molar-refractivity contribution in [2.24, 2.45) is 4.99 Å². The molecular formula is C27H32ClFN4O5.